The van der Waals surface area contributed by atoms with Crippen LogP contribution >= 0.6 is 23.2 Å². The van der Waals surface area contributed by atoms with Crippen molar-refractivity contribution in [3.8, 4) is 0 Å². The molecule has 236 valence electrons. The predicted octanol–water partition coefficient (Wildman–Crippen LogP) is 6.97. The van der Waals surface area contributed by atoms with E-state index in [-0.39, 0.29) is 39.5 Å². The Labute approximate surface area is 275 Å². The highest BCUT2D eigenvalue weighted by atomic mass is 35.5. The fourth-order valence-corrected chi connectivity index (χ4v) is 6.60. The Morgan fingerprint density at radius 3 is 2.16 bits per heavy atom. The second-order valence-corrected chi connectivity index (χ2v) is 13.5. The summed E-state index contributed by atoms with van der Waals surface area (Å²) in [6, 6.07) is 27.0. The van der Waals surface area contributed by atoms with Crippen LogP contribution in [0.5, 0.6) is 0 Å². The molecule has 2 amide bonds. The lowest BCUT2D eigenvalue weighted by atomic mass is 10.0. The van der Waals surface area contributed by atoms with Crippen molar-refractivity contribution < 1.29 is 18.0 Å². The van der Waals surface area contributed by atoms with Crippen molar-refractivity contribution in [2.45, 2.75) is 51.1 Å². The number of carbonyl (C=O) groups excluding carboxylic acids is 2. The lowest BCUT2D eigenvalue weighted by Crippen LogP contribution is -2.53. The van der Waals surface area contributed by atoms with Crippen LogP contribution in [-0.4, -0.2) is 44.3 Å². The molecule has 0 fully saturated rings. The summed E-state index contributed by atoms with van der Waals surface area (Å²) in [5.74, 6) is -0.863. The topological polar surface area (TPSA) is 86.8 Å². The second kappa shape index (κ2) is 15.4. The summed E-state index contributed by atoms with van der Waals surface area (Å²) in [5.41, 5.74) is 3.71. The third kappa shape index (κ3) is 8.66. The smallest absolute Gasteiger partial charge is 0.264 e. The zero-order valence-corrected chi connectivity index (χ0v) is 27.9. The van der Waals surface area contributed by atoms with Crippen LogP contribution in [0.25, 0.3) is 0 Å². The fourth-order valence-electron chi connectivity index (χ4n) is 4.90. The molecule has 4 rings (SSSR count). The van der Waals surface area contributed by atoms with E-state index in [1.54, 1.807) is 12.1 Å². The molecule has 0 heterocycles. The largest absolute Gasteiger partial charge is 0.354 e. The molecule has 4 aromatic carbocycles. The van der Waals surface area contributed by atoms with E-state index >= 15 is 0 Å². The van der Waals surface area contributed by atoms with Gasteiger partial charge in [0.2, 0.25) is 11.8 Å². The van der Waals surface area contributed by atoms with Crippen LogP contribution in [0, 0.1) is 13.8 Å². The van der Waals surface area contributed by atoms with Gasteiger partial charge in [-0.25, -0.2) is 8.42 Å². The molecule has 0 aliphatic carbocycles. The van der Waals surface area contributed by atoms with Crippen molar-refractivity contribution in [2.75, 3.05) is 17.4 Å². The lowest BCUT2D eigenvalue weighted by Gasteiger charge is -2.34. The quantitative estimate of drug-likeness (QED) is 0.167. The van der Waals surface area contributed by atoms with Crippen molar-refractivity contribution >= 4 is 50.7 Å². The van der Waals surface area contributed by atoms with Crippen LogP contribution in [0.15, 0.2) is 102 Å². The molecule has 0 saturated carbocycles. The zero-order valence-electron chi connectivity index (χ0n) is 25.5. The number of aryl methyl sites for hydroxylation is 2. The molecular formula is C35H37Cl2N3O4S. The van der Waals surface area contributed by atoms with Crippen molar-refractivity contribution in [1.82, 2.24) is 10.2 Å². The highest BCUT2D eigenvalue weighted by Crippen LogP contribution is 2.31. The molecule has 0 aliphatic rings. The molecule has 1 atom stereocenters. The molecule has 7 nitrogen and oxygen atoms in total. The molecule has 1 unspecified atom stereocenters. The SMILES string of the molecule is CCCNC(=O)C(Cc1ccccc1)N(Cc1ccccc1C)C(=O)CN(c1ccc(Cl)c(Cl)c1)S(=O)(=O)c1ccc(C)cc1. The first-order valence-corrected chi connectivity index (χ1v) is 16.9. The number of hydrogen-bond donors (Lipinski definition) is 1. The standard InChI is InChI=1S/C35H37Cl2N3O4S/c1-4-20-38-35(42)33(21-27-11-6-5-7-12-27)39(23-28-13-9-8-10-26(28)3)34(41)24-40(29-16-19-31(36)32(37)22-29)45(43,44)30-17-14-25(2)15-18-30/h5-19,22,33H,4,20-21,23-24H2,1-3H3,(H,38,42). The number of nitrogens with one attached hydrogen (secondary N) is 1. The maximum atomic E-state index is 14.5. The molecule has 1 N–H and O–H groups in total. The van der Waals surface area contributed by atoms with Crippen LogP contribution in [0.2, 0.25) is 10.0 Å². The van der Waals surface area contributed by atoms with Gasteiger partial charge in [-0.1, -0.05) is 102 Å². The third-order valence-corrected chi connectivity index (χ3v) is 10.0. The predicted molar refractivity (Wildman–Crippen MR) is 181 cm³/mol. The van der Waals surface area contributed by atoms with Gasteiger partial charge in [-0.2, -0.15) is 0 Å². The van der Waals surface area contributed by atoms with Gasteiger partial charge in [-0.3, -0.25) is 13.9 Å². The molecule has 0 aromatic heterocycles. The Bertz CT molecular complexity index is 1730. The maximum absolute atomic E-state index is 14.5. The Morgan fingerprint density at radius 2 is 1.51 bits per heavy atom. The minimum absolute atomic E-state index is 0.0129. The summed E-state index contributed by atoms with van der Waals surface area (Å²) in [6.45, 7) is 5.71. The summed E-state index contributed by atoms with van der Waals surface area (Å²) >= 11 is 12.5. The number of halogens is 2. The van der Waals surface area contributed by atoms with E-state index in [2.05, 4.69) is 5.32 Å². The van der Waals surface area contributed by atoms with E-state index in [9.17, 15) is 18.0 Å². The van der Waals surface area contributed by atoms with E-state index in [1.807, 2.05) is 75.4 Å². The monoisotopic (exact) mass is 665 g/mol. The number of rotatable bonds is 13. The van der Waals surface area contributed by atoms with E-state index in [0.717, 1.165) is 33.0 Å². The first-order chi connectivity index (χ1) is 21.5. The average Bonchev–Trinajstić information content (AvgIpc) is 3.03. The Balaban J connectivity index is 1.82. The third-order valence-electron chi connectivity index (χ3n) is 7.50. The van der Waals surface area contributed by atoms with Crippen molar-refractivity contribution in [2.24, 2.45) is 0 Å². The second-order valence-electron chi connectivity index (χ2n) is 10.9. The fraction of sp³-hybridized carbons (Fsp3) is 0.257. The minimum Gasteiger partial charge on any atom is -0.354 e. The van der Waals surface area contributed by atoms with E-state index in [0.29, 0.717) is 6.54 Å². The van der Waals surface area contributed by atoms with Crippen LogP contribution in [0.3, 0.4) is 0 Å². The molecule has 4 aromatic rings. The summed E-state index contributed by atoms with van der Waals surface area (Å²) in [4.78, 5) is 29.8. The van der Waals surface area contributed by atoms with Gasteiger partial charge in [0, 0.05) is 19.5 Å². The van der Waals surface area contributed by atoms with Crippen molar-refractivity contribution in [3.63, 3.8) is 0 Å². The van der Waals surface area contributed by atoms with Crippen LogP contribution in [0.4, 0.5) is 5.69 Å². The molecule has 0 saturated heterocycles. The van der Waals surface area contributed by atoms with Gasteiger partial charge in [0.05, 0.1) is 20.6 Å². The average molecular weight is 667 g/mol. The Kier molecular flexibility index (Phi) is 11.7. The molecule has 0 aliphatic heterocycles. The summed E-state index contributed by atoms with van der Waals surface area (Å²) in [6.07, 6.45) is 0.959. The van der Waals surface area contributed by atoms with Gasteiger partial charge in [0.25, 0.3) is 10.0 Å². The van der Waals surface area contributed by atoms with Crippen LogP contribution in [0.1, 0.15) is 35.6 Å². The summed E-state index contributed by atoms with van der Waals surface area (Å²) in [7, 11) is -4.25. The highest BCUT2D eigenvalue weighted by Gasteiger charge is 2.35. The van der Waals surface area contributed by atoms with E-state index in [1.165, 1.54) is 35.2 Å². The maximum Gasteiger partial charge on any atom is 0.264 e. The van der Waals surface area contributed by atoms with Gasteiger partial charge >= 0.3 is 0 Å². The number of nitrogens with zero attached hydrogens (tertiary/aromatic N) is 2. The van der Waals surface area contributed by atoms with Gasteiger partial charge < -0.3 is 10.2 Å². The van der Waals surface area contributed by atoms with Crippen molar-refractivity contribution in [1.29, 1.82) is 0 Å². The van der Waals surface area contributed by atoms with Gasteiger partial charge in [0.15, 0.2) is 0 Å². The molecule has 10 heteroatoms. The Morgan fingerprint density at radius 1 is 0.844 bits per heavy atom. The van der Waals surface area contributed by atoms with Gasteiger partial charge in [-0.05, 0) is 67.3 Å². The number of sulfonamides is 1. The van der Waals surface area contributed by atoms with Crippen molar-refractivity contribution in [3.05, 3.63) is 129 Å². The number of amides is 2. The van der Waals surface area contributed by atoms with Gasteiger partial charge in [-0.15, -0.1) is 0 Å². The lowest BCUT2D eigenvalue weighted by molar-refractivity contribution is -0.140. The number of carbonyl (C=O) groups is 2. The highest BCUT2D eigenvalue weighted by molar-refractivity contribution is 7.92. The number of anilines is 1. The minimum atomic E-state index is -4.25. The summed E-state index contributed by atoms with van der Waals surface area (Å²) < 4.78 is 29.3. The normalized spacial score (nSPS) is 11.9. The Hall–Kier alpha value is -3.85. The molecule has 0 radical (unpaired) electrons. The molecule has 45 heavy (non-hydrogen) atoms. The first kappa shape index (κ1) is 34.0. The number of benzene rings is 4. The zero-order chi connectivity index (χ0) is 32.6. The van der Waals surface area contributed by atoms with Gasteiger partial charge in [0.1, 0.15) is 12.6 Å². The molecule has 0 spiro atoms. The van der Waals surface area contributed by atoms with Crippen LogP contribution < -0.4 is 9.62 Å². The van der Waals surface area contributed by atoms with E-state index < -0.39 is 28.5 Å². The van der Waals surface area contributed by atoms with Crippen LogP contribution in [-0.2, 0) is 32.6 Å². The van der Waals surface area contributed by atoms with E-state index in [4.69, 9.17) is 23.2 Å². The molecule has 0 bridgehead atoms. The molecular weight excluding hydrogens is 629 g/mol. The number of hydrogen-bond acceptors (Lipinski definition) is 4. The first-order valence-electron chi connectivity index (χ1n) is 14.7. The summed E-state index contributed by atoms with van der Waals surface area (Å²) in [5, 5.41) is 3.34.